The van der Waals surface area contributed by atoms with Crippen LogP contribution >= 0.6 is 11.3 Å². The Kier molecular flexibility index (Phi) is 5.27. The molecule has 4 rings (SSSR count). The summed E-state index contributed by atoms with van der Waals surface area (Å²) in [6.07, 6.45) is 7.91. The average molecular weight is 387 g/mol. The van der Waals surface area contributed by atoms with E-state index in [1.807, 2.05) is 42.7 Å². The van der Waals surface area contributed by atoms with Crippen molar-refractivity contribution in [3.8, 4) is 10.6 Å². The SMILES string of the molecule is Cc1nn(C)cc1CNc1nc(C)c(-c2ccn(C[C@H]3CCCCO3)n2)s1. The quantitative estimate of drug-likeness (QED) is 0.702. The normalized spacial score (nSPS) is 17.4. The van der Waals surface area contributed by atoms with Gasteiger partial charge in [0.1, 0.15) is 5.69 Å². The molecule has 0 saturated carbocycles. The maximum absolute atomic E-state index is 5.82. The third kappa shape index (κ3) is 4.22. The van der Waals surface area contributed by atoms with Crippen molar-refractivity contribution in [3.63, 3.8) is 0 Å². The summed E-state index contributed by atoms with van der Waals surface area (Å²) in [6, 6.07) is 2.07. The van der Waals surface area contributed by atoms with Crippen molar-refractivity contribution in [1.29, 1.82) is 0 Å². The van der Waals surface area contributed by atoms with Gasteiger partial charge in [0.25, 0.3) is 0 Å². The Bertz CT molecular complexity index is 905. The van der Waals surface area contributed by atoms with E-state index in [1.54, 1.807) is 11.3 Å². The van der Waals surface area contributed by atoms with Crippen molar-refractivity contribution in [2.75, 3.05) is 11.9 Å². The number of thiazole rings is 1. The molecule has 4 heterocycles. The molecule has 0 bridgehead atoms. The summed E-state index contributed by atoms with van der Waals surface area (Å²) in [5, 5.41) is 13.5. The lowest BCUT2D eigenvalue weighted by atomic mass is 10.1. The van der Waals surface area contributed by atoms with Crippen LogP contribution in [0.3, 0.4) is 0 Å². The fraction of sp³-hybridized carbons (Fsp3) is 0.526. The topological polar surface area (TPSA) is 69.8 Å². The molecular weight excluding hydrogens is 360 g/mol. The molecule has 0 aromatic carbocycles. The van der Waals surface area contributed by atoms with E-state index >= 15 is 0 Å². The average Bonchev–Trinajstić information content (AvgIpc) is 3.33. The highest BCUT2D eigenvalue weighted by Gasteiger charge is 2.17. The summed E-state index contributed by atoms with van der Waals surface area (Å²) in [5.41, 5.74) is 4.21. The Labute approximate surface area is 163 Å². The Morgan fingerprint density at radius 3 is 2.89 bits per heavy atom. The van der Waals surface area contributed by atoms with E-state index in [2.05, 4.69) is 21.5 Å². The molecule has 7 nitrogen and oxygen atoms in total. The summed E-state index contributed by atoms with van der Waals surface area (Å²) in [7, 11) is 1.94. The Balaban J connectivity index is 1.42. The number of hydrogen-bond acceptors (Lipinski definition) is 6. The highest BCUT2D eigenvalue weighted by Crippen LogP contribution is 2.32. The smallest absolute Gasteiger partial charge is 0.183 e. The van der Waals surface area contributed by atoms with E-state index in [-0.39, 0.29) is 6.10 Å². The standard InChI is InChI=1S/C19H26N6OS/c1-13-15(11-24(3)22-13)10-20-19-21-14(2)18(27-19)17-7-8-25(23-17)12-16-6-4-5-9-26-16/h7-8,11,16H,4-6,9-10,12H2,1-3H3,(H,20,21)/t16-/m1/s1. The van der Waals surface area contributed by atoms with Crippen molar-refractivity contribution < 1.29 is 4.74 Å². The molecule has 1 fully saturated rings. The summed E-state index contributed by atoms with van der Waals surface area (Å²) in [5.74, 6) is 0. The first-order chi connectivity index (χ1) is 13.1. The van der Waals surface area contributed by atoms with E-state index < -0.39 is 0 Å². The van der Waals surface area contributed by atoms with Crippen molar-refractivity contribution in [2.45, 2.75) is 52.3 Å². The number of hydrogen-bond donors (Lipinski definition) is 1. The molecule has 1 aliphatic rings. The van der Waals surface area contributed by atoms with Gasteiger partial charge in [-0.2, -0.15) is 10.2 Å². The highest BCUT2D eigenvalue weighted by atomic mass is 32.1. The lowest BCUT2D eigenvalue weighted by molar-refractivity contribution is 0.00403. The summed E-state index contributed by atoms with van der Waals surface area (Å²) in [4.78, 5) is 5.78. The van der Waals surface area contributed by atoms with Crippen LogP contribution in [0.2, 0.25) is 0 Å². The summed E-state index contributed by atoms with van der Waals surface area (Å²) < 4.78 is 9.66. The van der Waals surface area contributed by atoms with E-state index in [0.717, 1.165) is 53.2 Å². The first-order valence-electron chi connectivity index (χ1n) is 9.44. The molecule has 144 valence electrons. The minimum absolute atomic E-state index is 0.286. The third-order valence-electron chi connectivity index (χ3n) is 4.88. The number of nitrogens with zero attached hydrogens (tertiary/aromatic N) is 5. The lowest BCUT2D eigenvalue weighted by Gasteiger charge is -2.22. The molecule has 3 aromatic heterocycles. The van der Waals surface area contributed by atoms with Crippen LogP contribution in [0.15, 0.2) is 18.5 Å². The molecule has 1 saturated heterocycles. The zero-order chi connectivity index (χ0) is 18.8. The second-order valence-electron chi connectivity index (χ2n) is 7.11. The van der Waals surface area contributed by atoms with Gasteiger partial charge in [-0.1, -0.05) is 11.3 Å². The monoisotopic (exact) mass is 386 g/mol. The van der Waals surface area contributed by atoms with Gasteiger partial charge in [-0.05, 0) is 39.2 Å². The van der Waals surface area contributed by atoms with Crippen LogP contribution < -0.4 is 5.32 Å². The van der Waals surface area contributed by atoms with Crippen LogP contribution in [-0.4, -0.2) is 37.3 Å². The van der Waals surface area contributed by atoms with Crippen LogP contribution in [0.1, 0.15) is 36.2 Å². The number of ether oxygens (including phenoxy) is 1. The third-order valence-corrected chi connectivity index (χ3v) is 6.02. The first-order valence-corrected chi connectivity index (χ1v) is 10.3. The first kappa shape index (κ1) is 18.2. The molecule has 0 spiro atoms. The fourth-order valence-electron chi connectivity index (χ4n) is 3.45. The van der Waals surface area contributed by atoms with Crippen LogP contribution in [0.5, 0.6) is 0 Å². The molecule has 1 atom stereocenters. The van der Waals surface area contributed by atoms with Crippen molar-refractivity contribution in [1.82, 2.24) is 24.5 Å². The van der Waals surface area contributed by atoms with Crippen molar-refractivity contribution >= 4 is 16.5 Å². The molecule has 1 N–H and O–H groups in total. The lowest BCUT2D eigenvalue weighted by Crippen LogP contribution is -2.24. The van der Waals surface area contributed by atoms with Crippen LogP contribution in [-0.2, 0) is 24.9 Å². The van der Waals surface area contributed by atoms with Gasteiger partial charge in [-0.3, -0.25) is 9.36 Å². The van der Waals surface area contributed by atoms with E-state index in [4.69, 9.17) is 9.84 Å². The van der Waals surface area contributed by atoms with Gasteiger partial charge in [0.05, 0.1) is 28.9 Å². The molecule has 0 unspecified atom stereocenters. The molecule has 8 heteroatoms. The van der Waals surface area contributed by atoms with E-state index in [9.17, 15) is 0 Å². The van der Waals surface area contributed by atoms with Gasteiger partial charge >= 0.3 is 0 Å². The molecule has 1 aliphatic heterocycles. The minimum Gasteiger partial charge on any atom is -0.376 e. The van der Waals surface area contributed by atoms with E-state index in [0.29, 0.717) is 0 Å². The predicted octanol–water partition coefficient (Wildman–Crippen LogP) is 3.54. The van der Waals surface area contributed by atoms with Gasteiger partial charge in [-0.25, -0.2) is 4.98 Å². The molecule has 27 heavy (non-hydrogen) atoms. The zero-order valence-electron chi connectivity index (χ0n) is 16.1. The molecular formula is C19H26N6OS. The van der Waals surface area contributed by atoms with Gasteiger partial charge in [-0.15, -0.1) is 0 Å². The number of nitrogens with one attached hydrogen (secondary N) is 1. The Hall–Kier alpha value is -2.19. The van der Waals surface area contributed by atoms with Crippen LogP contribution in [0.25, 0.3) is 10.6 Å². The van der Waals surface area contributed by atoms with Gasteiger partial charge < -0.3 is 10.1 Å². The Morgan fingerprint density at radius 2 is 2.15 bits per heavy atom. The zero-order valence-corrected chi connectivity index (χ0v) is 16.9. The molecule has 0 radical (unpaired) electrons. The number of aromatic nitrogens is 5. The molecule has 0 amide bonds. The summed E-state index contributed by atoms with van der Waals surface area (Å²) >= 11 is 1.65. The minimum atomic E-state index is 0.286. The Morgan fingerprint density at radius 1 is 1.26 bits per heavy atom. The largest absolute Gasteiger partial charge is 0.376 e. The van der Waals surface area contributed by atoms with E-state index in [1.165, 1.54) is 18.4 Å². The molecule has 0 aliphatic carbocycles. The second-order valence-corrected chi connectivity index (χ2v) is 8.11. The van der Waals surface area contributed by atoms with Crippen LogP contribution in [0.4, 0.5) is 5.13 Å². The molecule has 3 aromatic rings. The number of aryl methyl sites for hydroxylation is 3. The van der Waals surface area contributed by atoms with Gasteiger partial charge in [0, 0.05) is 38.2 Å². The van der Waals surface area contributed by atoms with Crippen LogP contribution in [0, 0.1) is 13.8 Å². The highest BCUT2D eigenvalue weighted by molar-refractivity contribution is 7.19. The number of rotatable bonds is 6. The van der Waals surface area contributed by atoms with Gasteiger partial charge in [0.2, 0.25) is 0 Å². The fourth-order valence-corrected chi connectivity index (χ4v) is 4.37. The number of anilines is 1. The van der Waals surface area contributed by atoms with Gasteiger partial charge in [0.15, 0.2) is 5.13 Å². The second kappa shape index (κ2) is 7.82. The van der Waals surface area contributed by atoms with Crippen molar-refractivity contribution in [2.24, 2.45) is 7.05 Å². The maximum atomic E-state index is 5.82. The predicted molar refractivity (Wildman–Crippen MR) is 107 cm³/mol. The van der Waals surface area contributed by atoms with Crippen molar-refractivity contribution in [3.05, 3.63) is 35.4 Å². The maximum Gasteiger partial charge on any atom is 0.183 e. The summed E-state index contributed by atoms with van der Waals surface area (Å²) in [6.45, 7) is 6.48.